The molecule has 1 aromatic rings. The number of anilines is 1. The van der Waals surface area contributed by atoms with Gasteiger partial charge in [0.25, 0.3) is 5.91 Å². The molecule has 1 rings (SSSR count). The van der Waals surface area contributed by atoms with Gasteiger partial charge in [-0.15, -0.1) is 0 Å². The summed E-state index contributed by atoms with van der Waals surface area (Å²) >= 11 is 0. The van der Waals surface area contributed by atoms with E-state index in [2.05, 4.69) is 0 Å². The number of hydrogen-bond acceptors (Lipinski definition) is 4. The molecule has 0 fully saturated rings. The van der Waals surface area contributed by atoms with Crippen molar-refractivity contribution < 1.29 is 14.6 Å². The van der Waals surface area contributed by atoms with E-state index in [9.17, 15) is 9.90 Å². The Bertz CT molecular complexity index is 452. The first-order valence-electron chi connectivity index (χ1n) is 6.23. The van der Waals surface area contributed by atoms with E-state index >= 15 is 0 Å². The molecule has 0 saturated heterocycles. The molecule has 19 heavy (non-hydrogen) atoms. The van der Waals surface area contributed by atoms with E-state index in [1.807, 2.05) is 6.92 Å². The van der Waals surface area contributed by atoms with Gasteiger partial charge in [-0.05, 0) is 39.0 Å². The fraction of sp³-hybridized carbons (Fsp3) is 0.500. The number of likely N-dealkylation sites (N-methyl/N-ethyl adjacent to an activating group) is 1. The van der Waals surface area contributed by atoms with Crippen LogP contribution in [0.4, 0.5) is 5.69 Å². The van der Waals surface area contributed by atoms with Crippen LogP contribution in [0.25, 0.3) is 0 Å². The third-order valence-electron chi connectivity index (χ3n) is 2.74. The maximum Gasteiger partial charge on any atom is 0.256 e. The summed E-state index contributed by atoms with van der Waals surface area (Å²) in [6.45, 7) is 5.94. The maximum atomic E-state index is 12.4. The highest BCUT2D eigenvalue weighted by Gasteiger charge is 2.23. The van der Waals surface area contributed by atoms with Crippen LogP contribution in [0.5, 0.6) is 5.75 Å². The van der Waals surface area contributed by atoms with E-state index in [4.69, 9.17) is 10.5 Å². The number of nitrogens with two attached hydrogens (primary N) is 1. The minimum Gasteiger partial charge on any atom is -0.497 e. The van der Waals surface area contributed by atoms with Crippen molar-refractivity contribution in [1.29, 1.82) is 0 Å². The van der Waals surface area contributed by atoms with Crippen LogP contribution in [0.15, 0.2) is 18.2 Å². The van der Waals surface area contributed by atoms with Gasteiger partial charge in [-0.25, -0.2) is 0 Å². The molecule has 0 unspecified atom stereocenters. The fourth-order valence-electron chi connectivity index (χ4n) is 1.81. The number of aliphatic hydroxyl groups is 1. The number of rotatable bonds is 5. The molecule has 0 heterocycles. The zero-order valence-electron chi connectivity index (χ0n) is 11.9. The average molecular weight is 266 g/mol. The molecule has 0 spiro atoms. The van der Waals surface area contributed by atoms with Crippen LogP contribution < -0.4 is 10.5 Å². The molecule has 5 nitrogen and oxygen atoms in total. The first-order chi connectivity index (χ1) is 8.78. The van der Waals surface area contributed by atoms with Crippen LogP contribution in [0, 0.1) is 0 Å². The van der Waals surface area contributed by atoms with Gasteiger partial charge in [0.15, 0.2) is 0 Å². The number of carbonyl (C=O) groups excluding carboxylic acids is 1. The summed E-state index contributed by atoms with van der Waals surface area (Å²) in [6, 6.07) is 4.97. The molecule has 1 aromatic carbocycles. The third kappa shape index (κ3) is 4.13. The van der Waals surface area contributed by atoms with Crippen molar-refractivity contribution in [2.75, 3.05) is 25.9 Å². The second kappa shape index (κ2) is 5.93. The molecule has 1 amide bonds. The number of methoxy groups -OCH3 is 1. The Kier molecular flexibility index (Phi) is 4.78. The van der Waals surface area contributed by atoms with E-state index in [0.717, 1.165) is 0 Å². The van der Waals surface area contributed by atoms with Crippen LogP contribution in [-0.2, 0) is 0 Å². The lowest BCUT2D eigenvalue weighted by atomic mass is 10.1. The van der Waals surface area contributed by atoms with E-state index in [-0.39, 0.29) is 12.5 Å². The number of amides is 1. The maximum absolute atomic E-state index is 12.4. The Hall–Kier alpha value is -1.75. The standard InChI is InChI=1S/C14H22N2O3/c1-5-16(9-14(2,3)18)13(17)11-8-10(19-4)6-7-12(11)15/h6-8,18H,5,9,15H2,1-4H3. The Morgan fingerprint density at radius 2 is 2.11 bits per heavy atom. The van der Waals surface area contributed by atoms with Gasteiger partial charge in [-0.3, -0.25) is 4.79 Å². The monoisotopic (exact) mass is 266 g/mol. The fourth-order valence-corrected chi connectivity index (χ4v) is 1.81. The number of benzene rings is 1. The average Bonchev–Trinajstić information content (AvgIpc) is 2.34. The van der Waals surface area contributed by atoms with Crippen LogP contribution in [0.2, 0.25) is 0 Å². The predicted octanol–water partition coefficient (Wildman–Crippen LogP) is 1.51. The lowest BCUT2D eigenvalue weighted by Crippen LogP contribution is -2.42. The normalized spacial score (nSPS) is 11.2. The van der Waals surface area contributed by atoms with E-state index < -0.39 is 5.60 Å². The third-order valence-corrected chi connectivity index (χ3v) is 2.74. The SMILES string of the molecule is CCN(CC(C)(C)O)C(=O)c1cc(OC)ccc1N. The Balaban J connectivity index is 3.03. The Labute approximate surface area is 114 Å². The lowest BCUT2D eigenvalue weighted by Gasteiger charge is -2.28. The van der Waals surface area contributed by atoms with Crippen LogP contribution >= 0.6 is 0 Å². The first-order valence-corrected chi connectivity index (χ1v) is 6.23. The van der Waals surface area contributed by atoms with Crippen LogP contribution in [-0.4, -0.2) is 41.7 Å². The molecule has 0 radical (unpaired) electrons. The van der Waals surface area contributed by atoms with Crippen molar-refractivity contribution in [1.82, 2.24) is 4.90 Å². The molecule has 0 bridgehead atoms. The van der Waals surface area contributed by atoms with Crippen molar-refractivity contribution in [2.24, 2.45) is 0 Å². The molecular formula is C14H22N2O3. The summed E-state index contributed by atoms with van der Waals surface area (Å²) in [7, 11) is 1.54. The minimum atomic E-state index is -0.945. The first kappa shape index (κ1) is 15.3. The molecule has 0 aliphatic rings. The van der Waals surface area contributed by atoms with Crippen LogP contribution in [0.1, 0.15) is 31.1 Å². The quantitative estimate of drug-likeness (QED) is 0.792. The summed E-state index contributed by atoms with van der Waals surface area (Å²) in [5.74, 6) is 0.373. The van der Waals surface area contributed by atoms with Gasteiger partial charge in [-0.1, -0.05) is 0 Å². The number of hydrogen-bond donors (Lipinski definition) is 2. The van der Waals surface area contributed by atoms with Gasteiger partial charge in [0.2, 0.25) is 0 Å². The second-order valence-corrected chi connectivity index (χ2v) is 5.08. The van der Waals surface area contributed by atoms with Gasteiger partial charge in [-0.2, -0.15) is 0 Å². The highest BCUT2D eigenvalue weighted by molar-refractivity contribution is 5.99. The van der Waals surface area contributed by atoms with E-state index in [1.54, 1.807) is 36.9 Å². The lowest BCUT2D eigenvalue weighted by molar-refractivity contribution is 0.0315. The summed E-state index contributed by atoms with van der Waals surface area (Å²) in [4.78, 5) is 14.0. The number of carbonyl (C=O) groups is 1. The Morgan fingerprint density at radius 3 is 2.58 bits per heavy atom. The smallest absolute Gasteiger partial charge is 0.256 e. The minimum absolute atomic E-state index is 0.207. The summed E-state index contributed by atoms with van der Waals surface area (Å²) < 4.78 is 5.10. The van der Waals surface area contributed by atoms with Gasteiger partial charge in [0, 0.05) is 18.8 Å². The van der Waals surface area contributed by atoms with Gasteiger partial charge >= 0.3 is 0 Å². The zero-order valence-corrected chi connectivity index (χ0v) is 11.9. The summed E-state index contributed by atoms with van der Waals surface area (Å²) in [5, 5.41) is 9.84. The van der Waals surface area contributed by atoms with Gasteiger partial charge < -0.3 is 20.5 Å². The second-order valence-electron chi connectivity index (χ2n) is 5.08. The molecule has 0 aliphatic heterocycles. The molecule has 0 atom stereocenters. The molecule has 0 saturated carbocycles. The van der Waals surface area contributed by atoms with Crippen molar-refractivity contribution in [3.63, 3.8) is 0 Å². The molecule has 0 aliphatic carbocycles. The van der Waals surface area contributed by atoms with Crippen molar-refractivity contribution in [2.45, 2.75) is 26.4 Å². The van der Waals surface area contributed by atoms with Crippen molar-refractivity contribution in [3.05, 3.63) is 23.8 Å². The number of nitrogen functional groups attached to an aromatic ring is 1. The van der Waals surface area contributed by atoms with Gasteiger partial charge in [0.05, 0.1) is 18.3 Å². The van der Waals surface area contributed by atoms with Crippen molar-refractivity contribution >= 4 is 11.6 Å². The van der Waals surface area contributed by atoms with E-state index in [0.29, 0.717) is 23.5 Å². The van der Waals surface area contributed by atoms with Gasteiger partial charge in [0.1, 0.15) is 5.75 Å². The largest absolute Gasteiger partial charge is 0.497 e. The van der Waals surface area contributed by atoms with E-state index in [1.165, 1.54) is 7.11 Å². The Morgan fingerprint density at radius 1 is 1.47 bits per heavy atom. The highest BCUT2D eigenvalue weighted by Crippen LogP contribution is 2.21. The number of ether oxygens (including phenoxy) is 1. The zero-order chi connectivity index (χ0) is 14.6. The highest BCUT2D eigenvalue weighted by atomic mass is 16.5. The molecule has 5 heteroatoms. The van der Waals surface area contributed by atoms with Crippen LogP contribution in [0.3, 0.4) is 0 Å². The topological polar surface area (TPSA) is 75.8 Å². The van der Waals surface area contributed by atoms with Crippen molar-refractivity contribution in [3.8, 4) is 5.75 Å². The molecule has 3 N–H and O–H groups in total. The molecular weight excluding hydrogens is 244 g/mol. The summed E-state index contributed by atoms with van der Waals surface area (Å²) in [5.41, 5.74) is 5.69. The molecule has 0 aromatic heterocycles. The molecule has 106 valence electrons. The number of nitrogens with zero attached hydrogens (tertiary/aromatic N) is 1. The predicted molar refractivity (Wildman–Crippen MR) is 75.3 cm³/mol. The summed E-state index contributed by atoms with van der Waals surface area (Å²) in [6.07, 6.45) is 0.